The van der Waals surface area contributed by atoms with Gasteiger partial charge < -0.3 is 25.6 Å². The SMILES string of the molecule is CCNC(=NCc1cccc(NC(=O)N2CCCC2)c1)NCCC(OCC)C(C)C.I. The van der Waals surface area contributed by atoms with Crippen LogP contribution in [0.3, 0.4) is 0 Å². The second kappa shape index (κ2) is 15.3. The Morgan fingerprint density at radius 1 is 1.19 bits per heavy atom. The van der Waals surface area contributed by atoms with Gasteiger partial charge in [-0.1, -0.05) is 26.0 Å². The van der Waals surface area contributed by atoms with Gasteiger partial charge in [-0.25, -0.2) is 9.79 Å². The molecule has 1 aromatic carbocycles. The van der Waals surface area contributed by atoms with E-state index in [9.17, 15) is 4.79 Å². The average molecular weight is 546 g/mol. The summed E-state index contributed by atoms with van der Waals surface area (Å²) in [5, 5.41) is 9.69. The summed E-state index contributed by atoms with van der Waals surface area (Å²) in [5.74, 6) is 1.28. The minimum atomic E-state index is -0.0165. The van der Waals surface area contributed by atoms with Crippen molar-refractivity contribution in [1.29, 1.82) is 0 Å². The average Bonchev–Trinajstić information content (AvgIpc) is 3.26. The number of amides is 2. The van der Waals surface area contributed by atoms with Crippen molar-refractivity contribution < 1.29 is 9.53 Å². The lowest BCUT2D eigenvalue weighted by atomic mass is 10.0. The summed E-state index contributed by atoms with van der Waals surface area (Å²) in [5.41, 5.74) is 1.87. The highest BCUT2D eigenvalue weighted by Crippen LogP contribution is 2.15. The number of aliphatic imine (C=N–C) groups is 1. The van der Waals surface area contributed by atoms with E-state index in [0.29, 0.717) is 12.5 Å². The van der Waals surface area contributed by atoms with Crippen molar-refractivity contribution in [3.8, 4) is 0 Å². The van der Waals surface area contributed by atoms with Crippen LogP contribution in [0.25, 0.3) is 0 Å². The van der Waals surface area contributed by atoms with Gasteiger partial charge in [0.05, 0.1) is 12.6 Å². The number of halogens is 1. The van der Waals surface area contributed by atoms with Gasteiger partial charge >= 0.3 is 6.03 Å². The number of nitrogens with zero attached hydrogens (tertiary/aromatic N) is 2. The van der Waals surface area contributed by atoms with Crippen LogP contribution < -0.4 is 16.0 Å². The Bertz CT molecular complexity index is 678. The van der Waals surface area contributed by atoms with Gasteiger partial charge in [0.2, 0.25) is 0 Å². The Morgan fingerprint density at radius 2 is 1.94 bits per heavy atom. The molecular weight excluding hydrogens is 505 g/mol. The molecule has 1 heterocycles. The molecule has 1 aliphatic rings. The molecule has 176 valence electrons. The van der Waals surface area contributed by atoms with Crippen LogP contribution in [-0.2, 0) is 11.3 Å². The van der Waals surface area contributed by atoms with Crippen molar-refractivity contribution in [2.45, 2.75) is 59.6 Å². The lowest BCUT2D eigenvalue weighted by molar-refractivity contribution is 0.0258. The number of rotatable bonds is 10. The van der Waals surface area contributed by atoms with Gasteiger partial charge in [-0.3, -0.25) is 0 Å². The van der Waals surface area contributed by atoms with Gasteiger partial charge in [-0.05, 0) is 56.7 Å². The van der Waals surface area contributed by atoms with Gasteiger partial charge in [0.25, 0.3) is 0 Å². The zero-order valence-electron chi connectivity index (χ0n) is 19.4. The van der Waals surface area contributed by atoms with Gasteiger partial charge in [-0.15, -0.1) is 24.0 Å². The molecule has 0 saturated carbocycles. The number of ether oxygens (including phenoxy) is 1. The molecule has 3 N–H and O–H groups in total. The van der Waals surface area contributed by atoms with Crippen LogP contribution in [0, 0.1) is 5.92 Å². The molecule has 31 heavy (non-hydrogen) atoms. The first-order valence-corrected chi connectivity index (χ1v) is 11.3. The second-order valence-corrected chi connectivity index (χ2v) is 7.97. The number of carbonyl (C=O) groups is 1. The fraction of sp³-hybridized carbons (Fsp3) is 0.652. The summed E-state index contributed by atoms with van der Waals surface area (Å²) in [4.78, 5) is 18.9. The van der Waals surface area contributed by atoms with Crippen LogP contribution >= 0.6 is 24.0 Å². The van der Waals surface area contributed by atoms with Crippen LogP contribution in [0.2, 0.25) is 0 Å². The van der Waals surface area contributed by atoms with Crippen LogP contribution in [-0.4, -0.2) is 55.8 Å². The quantitative estimate of drug-likeness (QED) is 0.231. The van der Waals surface area contributed by atoms with Crippen LogP contribution in [0.1, 0.15) is 52.5 Å². The molecule has 1 unspecified atom stereocenters. The first-order chi connectivity index (χ1) is 14.5. The molecule has 0 radical (unpaired) electrons. The summed E-state index contributed by atoms with van der Waals surface area (Å²) in [6, 6.07) is 7.88. The van der Waals surface area contributed by atoms with Gasteiger partial charge in [0.15, 0.2) is 5.96 Å². The molecule has 1 saturated heterocycles. The predicted molar refractivity (Wildman–Crippen MR) is 139 cm³/mol. The van der Waals surface area contributed by atoms with Crippen LogP contribution in [0.4, 0.5) is 10.5 Å². The summed E-state index contributed by atoms with van der Waals surface area (Å²) < 4.78 is 5.82. The highest BCUT2D eigenvalue weighted by molar-refractivity contribution is 14.0. The van der Waals surface area contributed by atoms with Crippen molar-refractivity contribution in [2.75, 3.05) is 38.1 Å². The maximum atomic E-state index is 12.3. The summed E-state index contributed by atoms with van der Waals surface area (Å²) in [6.45, 7) is 13.0. The third-order valence-electron chi connectivity index (χ3n) is 5.18. The first-order valence-electron chi connectivity index (χ1n) is 11.3. The molecule has 1 aliphatic heterocycles. The third kappa shape index (κ3) is 10.1. The van der Waals surface area contributed by atoms with E-state index in [1.165, 1.54) is 0 Å². The highest BCUT2D eigenvalue weighted by Gasteiger charge is 2.17. The smallest absolute Gasteiger partial charge is 0.321 e. The first kappa shape index (κ1) is 27.5. The molecule has 1 atom stereocenters. The van der Waals surface area contributed by atoms with Crippen molar-refractivity contribution in [2.24, 2.45) is 10.9 Å². The Morgan fingerprint density at radius 3 is 2.58 bits per heavy atom. The Hall–Kier alpha value is -1.55. The van der Waals surface area contributed by atoms with E-state index >= 15 is 0 Å². The number of guanidine groups is 1. The van der Waals surface area contributed by atoms with Gasteiger partial charge in [0, 0.05) is 38.5 Å². The summed E-state index contributed by atoms with van der Waals surface area (Å²) >= 11 is 0. The van der Waals surface area contributed by atoms with Crippen LogP contribution in [0.15, 0.2) is 29.3 Å². The Kier molecular flexibility index (Phi) is 13.6. The Balaban J connectivity index is 0.00000480. The van der Waals surface area contributed by atoms with Crippen molar-refractivity contribution in [3.05, 3.63) is 29.8 Å². The Labute approximate surface area is 204 Å². The second-order valence-electron chi connectivity index (χ2n) is 7.97. The fourth-order valence-electron chi connectivity index (χ4n) is 3.54. The minimum absolute atomic E-state index is 0. The number of benzene rings is 1. The van der Waals surface area contributed by atoms with E-state index in [4.69, 9.17) is 9.73 Å². The molecule has 0 aromatic heterocycles. The van der Waals surface area contributed by atoms with Crippen molar-refractivity contribution in [3.63, 3.8) is 0 Å². The maximum absolute atomic E-state index is 12.3. The standard InChI is InChI=1S/C23H39N5O2.HI/c1-5-24-22(25-13-12-21(18(3)4)30-6-2)26-17-19-10-9-11-20(16-19)27-23(29)28-14-7-8-15-28;/h9-11,16,18,21H,5-8,12-15,17H2,1-4H3,(H,27,29)(H2,24,25,26);1H. The molecule has 0 aliphatic carbocycles. The highest BCUT2D eigenvalue weighted by atomic mass is 127. The lowest BCUT2D eigenvalue weighted by Crippen LogP contribution is -2.39. The van der Waals surface area contributed by atoms with E-state index in [0.717, 1.165) is 69.3 Å². The largest absolute Gasteiger partial charge is 0.378 e. The van der Waals surface area contributed by atoms with E-state index in [1.54, 1.807) is 0 Å². The molecule has 0 bridgehead atoms. The molecule has 0 spiro atoms. The summed E-state index contributed by atoms with van der Waals surface area (Å²) in [6.07, 6.45) is 3.37. The number of nitrogens with one attached hydrogen (secondary N) is 3. The van der Waals surface area contributed by atoms with Gasteiger partial charge in [0.1, 0.15) is 0 Å². The molecule has 1 fully saturated rings. The monoisotopic (exact) mass is 545 g/mol. The molecule has 1 aromatic rings. The van der Waals surface area contributed by atoms with Crippen LogP contribution in [0.5, 0.6) is 0 Å². The molecule has 2 rings (SSSR count). The van der Waals surface area contributed by atoms with E-state index in [-0.39, 0.29) is 36.1 Å². The van der Waals surface area contributed by atoms with Crippen molar-refractivity contribution in [1.82, 2.24) is 15.5 Å². The maximum Gasteiger partial charge on any atom is 0.321 e. The number of hydrogen-bond donors (Lipinski definition) is 3. The van der Waals surface area contributed by atoms with E-state index in [1.807, 2.05) is 36.1 Å². The number of urea groups is 1. The normalized spacial score (nSPS) is 14.9. The topological polar surface area (TPSA) is 78.0 Å². The fourth-order valence-corrected chi connectivity index (χ4v) is 3.54. The van der Waals surface area contributed by atoms with E-state index in [2.05, 4.69) is 36.7 Å². The zero-order valence-corrected chi connectivity index (χ0v) is 21.8. The number of carbonyl (C=O) groups excluding carboxylic acids is 1. The minimum Gasteiger partial charge on any atom is -0.378 e. The van der Waals surface area contributed by atoms with Crippen molar-refractivity contribution >= 4 is 41.7 Å². The zero-order chi connectivity index (χ0) is 21.8. The number of hydrogen-bond acceptors (Lipinski definition) is 3. The predicted octanol–water partition coefficient (Wildman–Crippen LogP) is 4.44. The third-order valence-corrected chi connectivity index (χ3v) is 5.18. The number of anilines is 1. The molecule has 2 amide bonds. The number of likely N-dealkylation sites (tertiary alicyclic amines) is 1. The molecule has 8 heteroatoms. The molecule has 7 nitrogen and oxygen atoms in total. The summed E-state index contributed by atoms with van der Waals surface area (Å²) in [7, 11) is 0. The van der Waals surface area contributed by atoms with E-state index < -0.39 is 0 Å². The lowest BCUT2D eigenvalue weighted by Gasteiger charge is -2.21. The van der Waals surface area contributed by atoms with Gasteiger partial charge in [-0.2, -0.15) is 0 Å². The molecular formula is C23H40IN5O2.